The summed E-state index contributed by atoms with van der Waals surface area (Å²) < 4.78 is 40.3. The second-order valence-electron chi connectivity index (χ2n) is 6.37. The Hall–Kier alpha value is -2.27. The van der Waals surface area contributed by atoms with Crippen molar-refractivity contribution in [3.05, 3.63) is 29.8 Å². The second kappa shape index (κ2) is 8.82. The highest BCUT2D eigenvalue weighted by atomic mass is 32.2. The number of anilines is 2. The molecule has 28 heavy (non-hydrogen) atoms. The van der Waals surface area contributed by atoms with Crippen LogP contribution in [-0.4, -0.2) is 64.5 Å². The highest BCUT2D eigenvalue weighted by Gasteiger charge is 2.31. The molecule has 3 rings (SSSR count). The number of alkyl halides is 3. The first-order chi connectivity index (χ1) is 13.3. The maximum absolute atomic E-state index is 12.9. The van der Waals surface area contributed by atoms with Gasteiger partial charge in [-0.1, -0.05) is 17.8 Å². The molecule has 1 saturated heterocycles. The molecule has 2 heterocycles. The fraction of sp³-hybridized carbons (Fsp3) is 0.471. The first-order valence-electron chi connectivity index (χ1n) is 8.75. The largest absolute Gasteiger partial charge is 0.416 e. The third kappa shape index (κ3) is 5.16. The van der Waals surface area contributed by atoms with Crippen molar-refractivity contribution in [2.75, 3.05) is 49.2 Å². The fourth-order valence-corrected chi connectivity index (χ4v) is 3.53. The lowest BCUT2D eigenvalue weighted by molar-refractivity contribution is -0.137. The van der Waals surface area contributed by atoms with Gasteiger partial charge in [0.15, 0.2) is 5.16 Å². The maximum Gasteiger partial charge on any atom is 0.416 e. The van der Waals surface area contributed by atoms with E-state index in [0.717, 1.165) is 24.3 Å². The maximum atomic E-state index is 12.9. The van der Waals surface area contributed by atoms with E-state index in [1.165, 1.54) is 23.9 Å². The van der Waals surface area contributed by atoms with E-state index >= 15 is 0 Å². The predicted octanol–water partition coefficient (Wildman–Crippen LogP) is 2.36. The Labute approximate surface area is 165 Å². The molecule has 0 saturated carbocycles. The number of halogens is 3. The van der Waals surface area contributed by atoms with Crippen molar-refractivity contribution in [2.45, 2.75) is 11.3 Å². The molecular weight excluding hydrogens is 391 g/mol. The monoisotopic (exact) mass is 413 g/mol. The number of hydrogen-bond donors (Lipinski definition) is 1. The van der Waals surface area contributed by atoms with Gasteiger partial charge in [-0.15, -0.1) is 10.2 Å². The van der Waals surface area contributed by atoms with Crippen LogP contribution in [0.15, 0.2) is 34.4 Å². The molecule has 1 fully saturated rings. The van der Waals surface area contributed by atoms with Gasteiger partial charge in [0.1, 0.15) is 0 Å². The van der Waals surface area contributed by atoms with Gasteiger partial charge in [0.2, 0.25) is 5.95 Å². The number of benzene rings is 1. The van der Waals surface area contributed by atoms with Crippen LogP contribution >= 0.6 is 11.8 Å². The van der Waals surface area contributed by atoms with E-state index in [4.69, 9.17) is 5.73 Å². The third-order valence-electron chi connectivity index (χ3n) is 4.48. The molecule has 0 bridgehead atoms. The average molecular weight is 413 g/mol. The number of nitrogens with two attached hydrogens (primary N) is 1. The summed E-state index contributed by atoms with van der Waals surface area (Å²) in [7, 11) is 1.80. The molecule has 7 nitrogen and oxygen atoms in total. The number of rotatable bonds is 6. The summed E-state index contributed by atoms with van der Waals surface area (Å²) in [5.41, 5.74) is 5.62. The molecule has 1 aliphatic rings. The Morgan fingerprint density at radius 2 is 1.96 bits per heavy atom. The molecule has 1 aromatic heterocycles. The number of hydrogen-bond acceptors (Lipinski definition) is 7. The van der Waals surface area contributed by atoms with E-state index in [2.05, 4.69) is 20.1 Å². The van der Waals surface area contributed by atoms with E-state index in [0.29, 0.717) is 37.1 Å². The molecule has 0 atom stereocenters. The Kier molecular flexibility index (Phi) is 6.45. The summed E-state index contributed by atoms with van der Waals surface area (Å²) in [6.45, 7) is 3.41. The Morgan fingerprint density at radius 1 is 1.21 bits per heavy atom. The SMILES string of the molecule is Cn1c(N)nnc1SC/C=N/CN1CCN(c2cccc(C(F)(F)F)c2)CC1. The fourth-order valence-electron chi connectivity index (χ4n) is 2.82. The van der Waals surface area contributed by atoms with Crippen LogP contribution in [-0.2, 0) is 13.2 Å². The van der Waals surface area contributed by atoms with E-state index < -0.39 is 11.7 Å². The first-order valence-corrected chi connectivity index (χ1v) is 9.73. The molecule has 0 radical (unpaired) electrons. The minimum atomic E-state index is -4.32. The molecule has 0 unspecified atom stereocenters. The number of aromatic nitrogens is 3. The molecule has 11 heteroatoms. The summed E-state index contributed by atoms with van der Waals surface area (Å²) in [6, 6.07) is 5.49. The van der Waals surface area contributed by atoms with Crippen LogP contribution in [0, 0.1) is 0 Å². The van der Waals surface area contributed by atoms with Crippen LogP contribution in [0.2, 0.25) is 0 Å². The molecule has 0 aliphatic carbocycles. The van der Waals surface area contributed by atoms with Crippen molar-refractivity contribution in [1.82, 2.24) is 19.7 Å². The van der Waals surface area contributed by atoms with Gasteiger partial charge in [-0.05, 0) is 18.2 Å². The first kappa shape index (κ1) is 20.5. The minimum Gasteiger partial charge on any atom is -0.369 e. The lowest BCUT2D eigenvalue weighted by Crippen LogP contribution is -2.46. The zero-order valence-electron chi connectivity index (χ0n) is 15.4. The van der Waals surface area contributed by atoms with E-state index in [1.807, 2.05) is 11.1 Å². The number of thioether (sulfide) groups is 1. The summed E-state index contributed by atoms with van der Waals surface area (Å²) in [5.74, 6) is 1.04. The third-order valence-corrected chi connectivity index (χ3v) is 5.41. The Morgan fingerprint density at radius 3 is 2.61 bits per heavy atom. The molecular formula is C17H22F3N7S. The second-order valence-corrected chi connectivity index (χ2v) is 7.36. The lowest BCUT2D eigenvalue weighted by Gasteiger charge is -2.35. The Bertz CT molecular complexity index is 813. The molecule has 152 valence electrons. The van der Waals surface area contributed by atoms with Gasteiger partial charge in [0.05, 0.1) is 12.2 Å². The van der Waals surface area contributed by atoms with Gasteiger partial charge in [-0.25, -0.2) is 0 Å². The smallest absolute Gasteiger partial charge is 0.369 e. The van der Waals surface area contributed by atoms with Gasteiger partial charge in [0.25, 0.3) is 0 Å². The quantitative estimate of drug-likeness (QED) is 0.579. The number of nitrogen functional groups attached to an aromatic ring is 1. The van der Waals surface area contributed by atoms with E-state index in [9.17, 15) is 13.2 Å². The van der Waals surface area contributed by atoms with Gasteiger partial charge in [-0.3, -0.25) is 14.5 Å². The molecule has 0 amide bonds. The molecule has 2 N–H and O–H groups in total. The predicted molar refractivity (Wildman–Crippen MR) is 105 cm³/mol. The van der Waals surface area contributed by atoms with Crippen LogP contribution < -0.4 is 10.6 Å². The zero-order valence-corrected chi connectivity index (χ0v) is 16.2. The van der Waals surface area contributed by atoms with Gasteiger partial charge in [0, 0.05) is 50.9 Å². The lowest BCUT2D eigenvalue weighted by atomic mass is 10.1. The average Bonchev–Trinajstić information content (AvgIpc) is 3.00. The molecule has 0 spiro atoms. The number of piperazine rings is 1. The summed E-state index contributed by atoms with van der Waals surface area (Å²) in [4.78, 5) is 8.56. The van der Waals surface area contributed by atoms with Crippen LogP contribution in [0.5, 0.6) is 0 Å². The summed E-state index contributed by atoms with van der Waals surface area (Å²) in [5, 5.41) is 8.49. The minimum absolute atomic E-state index is 0.373. The molecule has 1 aliphatic heterocycles. The van der Waals surface area contributed by atoms with Gasteiger partial charge in [-0.2, -0.15) is 13.2 Å². The van der Waals surface area contributed by atoms with Gasteiger partial charge >= 0.3 is 6.18 Å². The Balaban J connectivity index is 1.42. The van der Waals surface area contributed by atoms with Crippen molar-refractivity contribution in [1.29, 1.82) is 0 Å². The highest BCUT2D eigenvalue weighted by molar-refractivity contribution is 7.99. The van der Waals surface area contributed by atoms with Crippen LogP contribution in [0.3, 0.4) is 0 Å². The van der Waals surface area contributed by atoms with Crippen molar-refractivity contribution < 1.29 is 13.2 Å². The van der Waals surface area contributed by atoms with Crippen molar-refractivity contribution in [3.63, 3.8) is 0 Å². The van der Waals surface area contributed by atoms with Gasteiger partial charge < -0.3 is 10.6 Å². The standard InChI is InChI=1S/C17H22F3N7S/c1-25-15(21)23-24-16(25)28-10-5-22-12-26-6-8-27(9-7-26)14-4-2-3-13(11-14)17(18,19)20/h2-5,11H,6-10,12H2,1H3,(H2,21,23)/b22-5+. The van der Waals surface area contributed by atoms with Crippen molar-refractivity contribution in [3.8, 4) is 0 Å². The number of aliphatic imine (C=N–C) groups is 1. The van der Waals surface area contributed by atoms with Crippen LogP contribution in [0.1, 0.15) is 5.56 Å². The van der Waals surface area contributed by atoms with E-state index in [1.54, 1.807) is 17.7 Å². The van der Waals surface area contributed by atoms with Crippen LogP contribution in [0.4, 0.5) is 24.8 Å². The summed E-state index contributed by atoms with van der Waals surface area (Å²) >= 11 is 1.50. The molecule has 2 aromatic rings. The highest BCUT2D eigenvalue weighted by Crippen LogP contribution is 2.31. The normalized spacial score (nSPS) is 16.2. The van der Waals surface area contributed by atoms with E-state index in [-0.39, 0.29) is 0 Å². The van der Waals surface area contributed by atoms with Crippen LogP contribution in [0.25, 0.3) is 0 Å². The number of nitrogens with zero attached hydrogens (tertiary/aromatic N) is 6. The van der Waals surface area contributed by atoms with Crippen molar-refractivity contribution >= 4 is 29.6 Å². The van der Waals surface area contributed by atoms with Crippen molar-refractivity contribution in [2.24, 2.45) is 12.0 Å². The zero-order chi connectivity index (χ0) is 20.1. The summed E-state index contributed by atoms with van der Waals surface area (Å²) in [6.07, 6.45) is -2.49. The molecule has 1 aromatic carbocycles. The topological polar surface area (TPSA) is 75.6 Å².